The lowest BCUT2D eigenvalue weighted by Gasteiger charge is -2.00. The van der Waals surface area contributed by atoms with Crippen molar-refractivity contribution < 1.29 is 4.79 Å². The number of hydrogen-bond donors (Lipinski definition) is 1. The van der Waals surface area contributed by atoms with Gasteiger partial charge in [0.2, 0.25) is 0 Å². The Labute approximate surface area is 120 Å². The first-order chi connectivity index (χ1) is 9.25. The van der Waals surface area contributed by atoms with Crippen LogP contribution in [0.25, 0.3) is 0 Å². The van der Waals surface area contributed by atoms with Gasteiger partial charge in [-0.15, -0.1) is 0 Å². The monoisotopic (exact) mass is 316 g/mol. The zero-order chi connectivity index (χ0) is 13.5. The molecule has 2 rings (SSSR count). The topological polar surface area (TPSA) is 41.5 Å². The van der Waals surface area contributed by atoms with Gasteiger partial charge >= 0.3 is 0 Å². The summed E-state index contributed by atoms with van der Waals surface area (Å²) in [4.78, 5) is 11.8. The molecule has 3 nitrogen and oxygen atoms in total. The van der Waals surface area contributed by atoms with Gasteiger partial charge in [-0.1, -0.05) is 52.3 Å². The number of rotatable bonds is 4. The minimum Gasteiger partial charge on any atom is -0.267 e. The minimum absolute atomic E-state index is 0.217. The fraction of sp³-hybridized carbons (Fsp3) is 0.0667. The van der Waals surface area contributed by atoms with E-state index in [2.05, 4.69) is 26.5 Å². The fourth-order valence-corrected chi connectivity index (χ4v) is 1.96. The highest BCUT2D eigenvalue weighted by molar-refractivity contribution is 9.10. The van der Waals surface area contributed by atoms with Crippen LogP contribution >= 0.6 is 15.9 Å². The van der Waals surface area contributed by atoms with Crippen LogP contribution in [0, 0.1) is 0 Å². The predicted octanol–water partition coefficient (Wildman–Crippen LogP) is 3.41. The van der Waals surface area contributed by atoms with Gasteiger partial charge in [0, 0.05) is 22.7 Å². The molecule has 0 saturated carbocycles. The average Bonchev–Trinajstić information content (AvgIpc) is 2.44. The van der Waals surface area contributed by atoms with Crippen LogP contribution in [-0.2, 0) is 6.42 Å². The lowest BCUT2D eigenvalue weighted by molar-refractivity contribution is 0.0955. The van der Waals surface area contributed by atoms with E-state index < -0.39 is 0 Å². The summed E-state index contributed by atoms with van der Waals surface area (Å²) in [6.07, 6.45) is 2.38. The normalized spacial score (nSPS) is 10.6. The molecular weight excluding hydrogens is 304 g/mol. The van der Waals surface area contributed by atoms with Crippen LogP contribution in [0.1, 0.15) is 15.9 Å². The maximum Gasteiger partial charge on any atom is 0.271 e. The fourth-order valence-electron chi connectivity index (χ4n) is 1.56. The summed E-state index contributed by atoms with van der Waals surface area (Å²) in [6.45, 7) is 0. The molecule has 4 heteroatoms. The van der Waals surface area contributed by atoms with Crippen molar-refractivity contribution in [2.24, 2.45) is 5.10 Å². The Bertz CT molecular complexity index is 582. The van der Waals surface area contributed by atoms with Crippen molar-refractivity contribution >= 4 is 28.1 Å². The number of nitrogens with zero attached hydrogens (tertiary/aromatic N) is 1. The molecule has 1 N–H and O–H groups in total. The van der Waals surface area contributed by atoms with Gasteiger partial charge in [-0.3, -0.25) is 4.79 Å². The Balaban J connectivity index is 1.87. The summed E-state index contributed by atoms with van der Waals surface area (Å²) >= 11 is 3.32. The summed E-state index contributed by atoms with van der Waals surface area (Å²) in [5.74, 6) is -0.217. The van der Waals surface area contributed by atoms with Gasteiger partial charge in [0.05, 0.1) is 0 Å². The SMILES string of the molecule is O=C(N/N=C/Cc1ccccc1)c1cccc(Br)c1. The minimum atomic E-state index is -0.217. The molecule has 0 aliphatic heterocycles. The van der Waals surface area contributed by atoms with Crippen LogP contribution in [0.2, 0.25) is 0 Å². The highest BCUT2D eigenvalue weighted by Gasteiger charge is 2.03. The third-order valence-corrected chi connectivity index (χ3v) is 3.01. The van der Waals surface area contributed by atoms with Crippen molar-refractivity contribution in [1.82, 2.24) is 5.43 Å². The zero-order valence-corrected chi connectivity index (χ0v) is 11.8. The molecule has 96 valence electrons. The van der Waals surface area contributed by atoms with E-state index in [-0.39, 0.29) is 5.91 Å². The Morgan fingerprint density at radius 3 is 2.68 bits per heavy atom. The molecule has 0 radical (unpaired) electrons. The molecule has 2 aromatic rings. The largest absolute Gasteiger partial charge is 0.271 e. The first-order valence-electron chi connectivity index (χ1n) is 5.87. The summed E-state index contributed by atoms with van der Waals surface area (Å²) < 4.78 is 0.869. The lowest BCUT2D eigenvalue weighted by Crippen LogP contribution is -2.17. The molecule has 0 spiro atoms. The van der Waals surface area contributed by atoms with Crippen LogP contribution in [0.5, 0.6) is 0 Å². The predicted molar refractivity (Wildman–Crippen MR) is 80.2 cm³/mol. The molecule has 0 saturated heterocycles. The van der Waals surface area contributed by atoms with Crippen molar-refractivity contribution in [2.75, 3.05) is 0 Å². The van der Waals surface area contributed by atoms with E-state index in [4.69, 9.17) is 0 Å². The first-order valence-corrected chi connectivity index (χ1v) is 6.66. The molecule has 0 aromatic heterocycles. The molecule has 0 heterocycles. The van der Waals surface area contributed by atoms with Crippen LogP contribution < -0.4 is 5.43 Å². The second-order valence-electron chi connectivity index (χ2n) is 3.95. The molecular formula is C15H13BrN2O. The molecule has 0 bridgehead atoms. The summed E-state index contributed by atoms with van der Waals surface area (Å²) in [5, 5.41) is 3.93. The number of halogens is 1. The number of hydrogen-bond acceptors (Lipinski definition) is 2. The number of nitrogens with one attached hydrogen (secondary N) is 1. The Hall–Kier alpha value is -1.94. The highest BCUT2D eigenvalue weighted by Crippen LogP contribution is 2.11. The zero-order valence-electron chi connectivity index (χ0n) is 10.2. The average molecular weight is 317 g/mol. The summed E-state index contributed by atoms with van der Waals surface area (Å²) in [7, 11) is 0. The molecule has 2 aromatic carbocycles. The molecule has 1 amide bonds. The summed E-state index contributed by atoms with van der Waals surface area (Å²) in [6, 6.07) is 17.1. The number of benzene rings is 2. The molecule has 0 aliphatic rings. The van der Waals surface area contributed by atoms with Crippen LogP contribution in [0.15, 0.2) is 64.2 Å². The highest BCUT2D eigenvalue weighted by atomic mass is 79.9. The molecule has 0 unspecified atom stereocenters. The van der Waals surface area contributed by atoms with Gasteiger partial charge < -0.3 is 0 Å². The van der Waals surface area contributed by atoms with Crippen molar-refractivity contribution in [2.45, 2.75) is 6.42 Å². The van der Waals surface area contributed by atoms with E-state index in [0.29, 0.717) is 12.0 Å². The van der Waals surface area contributed by atoms with E-state index in [0.717, 1.165) is 10.0 Å². The van der Waals surface area contributed by atoms with Gasteiger partial charge in [0.1, 0.15) is 0 Å². The Morgan fingerprint density at radius 1 is 1.16 bits per heavy atom. The van der Waals surface area contributed by atoms with E-state index in [1.54, 1.807) is 18.3 Å². The van der Waals surface area contributed by atoms with Gasteiger partial charge in [-0.25, -0.2) is 5.43 Å². The smallest absolute Gasteiger partial charge is 0.267 e. The number of hydrazone groups is 1. The van der Waals surface area contributed by atoms with Crippen molar-refractivity contribution in [3.63, 3.8) is 0 Å². The van der Waals surface area contributed by atoms with Gasteiger partial charge in [-0.2, -0.15) is 5.10 Å². The number of carbonyl (C=O) groups excluding carboxylic acids is 1. The second-order valence-corrected chi connectivity index (χ2v) is 4.87. The van der Waals surface area contributed by atoms with Crippen LogP contribution in [0.4, 0.5) is 0 Å². The Kier molecular flexibility index (Phi) is 4.86. The maximum absolute atomic E-state index is 11.8. The second kappa shape index (κ2) is 6.85. The third kappa shape index (κ3) is 4.34. The van der Waals surface area contributed by atoms with Crippen molar-refractivity contribution in [1.29, 1.82) is 0 Å². The third-order valence-electron chi connectivity index (χ3n) is 2.51. The van der Waals surface area contributed by atoms with E-state index >= 15 is 0 Å². The van der Waals surface area contributed by atoms with Gasteiger partial charge in [0.25, 0.3) is 5.91 Å². The summed E-state index contributed by atoms with van der Waals surface area (Å²) in [5.41, 5.74) is 4.24. The van der Waals surface area contributed by atoms with Gasteiger partial charge in [0.15, 0.2) is 0 Å². The number of carbonyl (C=O) groups is 1. The standard InChI is InChI=1S/C15H13BrN2O/c16-14-8-4-7-13(11-14)15(19)18-17-10-9-12-5-2-1-3-6-12/h1-8,10-11H,9H2,(H,18,19)/b17-10+. The molecule has 0 aliphatic carbocycles. The van der Waals surface area contributed by atoms with Crippen LogP contribution in [0.3, 0.4) is 0 Å². The van der Waals surface area contributed by atoms with E-state index in [1.165, 1.54) is 0 Å². The maximum atomic E-state index is 11.8. The number of amides is 1. The molecule has 0 atom stereocenters. The first kappa shape index (κ1) is 13.5. The molecule has 19 heavy (non-hydrogen) atoms. The van der Waals surface area contributed by atoms with Crippen molar-refractivity contribution in [3.05, 3.63) is 70.2 Å². The van der Waals surface area contributed by atoms with Crippen LogP contribution in [-0.4, -0.2) is 12.1 Å². The van der Waals surface area contributed by atoms with Gasteiger partial charge in [-0.05, 0) is 23.8 Å². The van der Waals surface area contributed by atoms with E-state index in [1.807, 2.05) is 42.5 Å². The van der Waals surface area contributed by atoms with E-state index in [9.17, 15) is 4.79 Å². The van der Waals surface area contributed by atoms with Crippen molar-refractivity contribution in [3.8, 4) is 0 Å². The molecule has 0 fully saturated rings. The lowest BCUT2D eigenvalue weighted by atomic mass is 10.2. The quantitative estimate of drug-likeness (QED) is 0.681. The Morgan fingerprint density at radius 2 is 1.95 bits per heavy atom.